The van der Waals surface area contributed by atoms with Crippen molar-refractivity contribution in [3.05, 3.63) is 47.7 Å². The van der Waals surface area contributed by atoms with E-state index in [1.54, 1.807) is 12.4 Å². The van der Waals surface area contributed by atoms with Crippen LogP contribution in [-0.2, 0) is 29.1 Å². The maximum absolute atomic E-state index is 12.6. The Labute approximate surface area is 242 Å². The number of hydrogen-bond donors (Lipinski definition) is 1. The highest BCUT2D eigenvalue weighted by molar-refractivity contribution is 8.00. The van der Waals surface area contributed by atoms with Crippen molar-refractivity contribution in [3.63, 3.8) is 0 Å². The molecule has 9 heteroatoms. The number of rotatable bonds is 12. The van der Waals surface area contributed by atoms with E-state index in [1.807, 2.05) is 38.6 Å². The molecule has 1 saturated heterocycles. The van der Waals surface area contributed by atoms with Gasteiger partial charge in [-0.05, 0) is 38.0 Å². The minimum Gasteiger partial charge on any atom is -0.487 e. The molecule has 2 aromatic heterocycles. The number of morpholine rings is 1. The van der Waals surface area contributed by atoms with Crippen molar-refractivity contribution in [3.8, 4) is 5.75 Å². The van der Waals surface area contributed by atoms with Crippen molar-refractivity contribution in [2.45, 2.75) is 83.6 Å². The van der Waals surface area contributed by atoms with Gasteiger partial charge in [-0.2, -0.15) is 0 Å². The topological polar surface area (TPSA) is 89.7 Å². The van der Waals surface area contributed by atoms with Gasteiger partial charge in [0.15, 0.2) is 0 Å². The van der Waals surface area contributed by atoms with Crippen LogP contribution in [0, 0.1) is 12.3 Å². The molecule has 0 saturated carbocycles. The Kier molecular flexibility index (Phi) is 9.80. The monoisotopic (exact) mass is 568 g/mol. The molecular weight excluding hydrogens is 524 g/mol. The van der Waals surface area contributed by atoms with Crippen molar-refractivity contribution in [2.24, 2.45) is 5.41 Å². The number of carboxylic acid groups (broad SMARTS) is 1. The molecule has 3 heterocycles. The second-order valence-electron chi connectivity index (χ2n) is 11.7. The molecule has 1 aromatic carbocycles. The molecule has 1 N–H and O–H groups in total. The molecule has 0 spiro atoms. The Balaban J connectivity index is 1.79. The lowest BCUT2D eigenvalue weighted by Crippen LogP contribution is -2.38. The fraction of sp³-hybridized carbons (Fsp3) is 0.581. The lowest BCUT2D eigenvalue weighted by atomic mass is 9.78. The van der Waals surface area contributed by atoms with Gasteiger partial charge in [-0.1, -0.05) is 34.6 Å². The molecule has 0 atom stereocenters. The lowest BCUT2D eigenvalue weighted by molar-refractivity contribution is -0.149. The van der Waals surface area contributed by atoms with E-state index in [4.69, 9.17) is 9.47 Å². The number of fused-ring (bicyclic) bond motifs is 1. The molecule has 0 radical (unpaired) electrons. The van der Waals surface area contributed by atoms with Crippen LogP contribution < -0.4 is 4.74 Å². The first kappa shape index (κ1) is 30.3. The van der Waals surface area contributed by atoms with Crippen LogP contribution in [0.3, 0.4) is 0 Å². The molecule has 1 aliphatic rings. The van der Waals surface area contributed by atoms with Gasteiger partial charge in [-0.15, -0.1) is 11.8 Å². The Bertz CT molecular complexity index is 1290. The normalized spacial score (nSPS) is 15.1. The van der Waals surface area contributed by atoms with Gasteiger partial charge < -0.3 is 19.1 Å². The van der Waals surface area contributed by atoms with E-state index < -0.39 is 11.4 Å². The number of thioether (sulfide) groups is 1. The van der Waals surface area contributed by atoms with Crippen molar-refractivity contribution >= 4 is 28.6 Å². The molecule has 218 valence electrons. The first-order valence-electron chi connectivity index (χ1n) is 14.3. The van der Waals surface area contributed by atoms with E-state index in [0.717, 1.165) is 78.0 Å². The van der Waals surface area contributed by atoms with Gasteiger partial charge in [0.25, 0.3) is 0 Å². The van der Waals surface area contributed by atoms with Crippen molar-refractivity contribution < 1.29 is 19.4 Å². The van der Waals surface area contributed by atoms with Crippen LogP contribution in [0.15, 0.2) is 35.5 Å². The Morgan fingerprint density at radius 1 is 1.10 bits per heavy atom. The highest BCUT2D eigenvalue weighted by Crippen LogP contribution is 2.45. The predicted octanol–water partition coefficient (Wildman–Crippen LogP) is 5.98. The molecule has 3 aromatic rings. The average molecular weight is 569 g/mol. The molecule has 4 rings (SSSR count). The third kappa shape index (κ3) is 7.17. The number of aromatic nitrogens is 3. The van der Waals surface area contributed by atoms with Gasteiger partial charge >= 0.3 is 5.97 Å². The predicted molar refractivity (Wildman–Crippen MR) is 160 cm³/mol. The first-order valence-corrected chi connectivity index (χ1v) is 15.1. The summed E-state index contributed by atoms with van der Waals surface area (Å²) in [6.45, 7) is 17.9. The van der Waals surface area contributed by atoms with Crippen molar-refractivity contribution in [1.82, 2.24) is 19.4 Å². The number of carboxylic acids is 1. The van der Waals surface area contributed by atoms with Crippen LogP contribution >= 0.6 is 11.8 Å². The Morgan fingerprint density at radius 3 is 2.42 bits per heavy atom. The molecule has 1 fully saturated rings. The maximum Gasteiger partial charge on any atom is 0.310 e. The van der Waals surface area contributed by atoms with Crippen LogP contribution in [0.5, 0.6) is 5.75 Å². The quantitative estimate of drug-likeness (QED) is 0.267. The summed E-state index contributed by atoms with van der Waals surface area (Å²) in [5, 5.41) is 11.5. The van der Waals surface area contributed by atoms with E-state index in [-0.39, 0.29) is 4.75 Å². The van der Waals surface area contributed by atoms with E-state index in [1.165, 1.54) is 0 Å². The highest BCUT2D eigenvalue weighted by Gasteiger charge is 2.38. The number of benzene rings is 1. The van der Waals surface area contributed by atoms with Crippen LogP contribution in [-0.4, -0.2) is 68.1 Å². The molecule has 8 nitrogen and oxygen atoms in total. The van der Waals surface area contributed by atoms with Crippen LogP contribution in [0.1, 0.15) is 64.5 Å². The first-order chi connectivity index (χ1) is 19.0. The second-order valence-corrected chi connectivity index (χ2v) is 13.5. The second kappa shape index (κ2) is 12.9. The van der Waals surface area contributed by atoms with Gasteiger partial charge in [0.1, 0.15) is 12.4 Å². The summed E-state index contributed by atoms with van der Waals surface area (Å²) in [6, 6.07) is 6.25. The van der Waals surface area contributed by atoms with Gasteiger partial charge in [0, 0.05) is 65.0 Å². The zero-order valence-corrected chi connectivity index (χ0v) is 25.6. The summed E-state index contributed by atoms with van der Waals surface area (Å²) in [5.74, 6) is 0.0374. The van der Waals surface area contributed by atoms with Crippen LogP contribution in [0.2, 0.25) is 0 Å². The Hall–Kier alpha value is -2.62. The van der Waals surface area contributed by atoms with Crippen LogP contribution in [0.4, 0.5) is 0 Å². The molecule has 0 bridgehead atoms. The van der Waals surface area contributed by atoms with Crippen molar-refractivity contribution in [1.29, 1.82) is 0 Å². The van der Waals surface area contributed by atoms with E-state index in [0.29, 0.717) is 25.9 Å². The molecule has 0 amide bonds. The lowest BCUT2D eigenvalue weighted by Gasteiger charge is -2.30. The third-order valence-electron chi connectivity index (χ3n) is 7.78. The van der Waals surface area contributed by atoms with E-state index >= 15 is 0 Å². The zero-order valence-electron chi connectivity index (χ0n) is 24.8. The minimum absolute atomic E-state index is 0.0588. The van der Waals surface area contributed by atoms with E-state index in [2.05, 4.69) is 52.3 Å². The summed E-state index contributed by atoms with van der Waals surface area (Å²) >= 11 is 1.81. The van der Waals surface area contributed by atoms with Crippen LogP contribution in [0.25, 0.3) is 10.9 Å². The summed E-state index contributed by atoms with van der Waals surface area (Å²) in [5.41, 5.74) is 3.05. The standard InChI is InChI=1S/C31H44N4O4S/c1-7-31(8-2,29(36)37)18-27-28(40-30(4,5)6)25-17-24(39-21-23-20-32-22(3)19-33-23)9-10-26(25)35(27)12-11-34-13-15-38-16-14-34/h9-10,17,19-20H,7-8,11-16,18,21H2,1-6H3,(H,36,37). The van der Waals surface area contributed by atoms with Gasteiger partial charge in [0.05, 0.1) is 36.2 Å². The molecule has 0 aliphatic carbocycles. The van der Waals surface area contributed by atoms with Crippen molar-refractivity contribution in [2.75, 3.05) is 32.8 Å². The molecular formula is C31H44N4O4S. The largest absolute Gasteiger partial charge is 0.487 e. The fourth-order valence-electron chi connectivity index (χ4n) is 5.21. The number of aryl methyl sites for hydroxylation is 1. The molecule has 0 unspecified atom stereocenters. The number of nitrogens with zero attached hydrogens (tertiary/aromatic N) is 4. The minimum atomic E-state index is -0.818. The van der Waals surface area contributed by atoms with Gasteiger partial charge in [-0.3, -0.25) is 19.7 Å². The number of ether oxygens (including phenoxy) is 2. The molecule has 1 aliphatic heterocycles. The third-order valence-corrected chi connectivity index (χ3v) is 9.05. The Morgan fingerprint density at radius 2 is 1.82 bits per heavy atom. The SMILES string of the molecule is CCC(CC)(Cc1c(SC(C)(C)C)c2cc(OCc3cnc(C)cn3)ccc2n1CCN1CCOCC1)C(=O)O. The maximum atomic E-state index is 12.6. The summed E-state index contributed by atoms with van der Waals surface area (Å²) < 4.78 is 14.0. The van der Waals surface area contributed by atoms with E-state index in [9.17, 15) is 9.90 Å². The zero-order chi connectivity index (χ0) is 28.9. The number of carbonyl (C=O) groups is 1. The average Bonchev–Trinajstić information content (AvgIpc) is 3.20. The summed E-state index contributed by atoms with van der Waals surface area (Å²) in [4.78, 5) is 25.0. The summed E-state index contributed by atoms with van der Waals surface area (Å²) in [7, 11) is 0. The smallest absolute Gasteiger partial charge is 0.310 e. The van der Waals surface area contributed by atoms with Gasteiger partial charge in [0.2, 0.25) is 0 Å². The summed E-state index contributed by atoms with van der Waals surface area (Å²) in [6.07, 6.45) is 5.14. The molecule has 40 heavy (non-hydrogen) atoms. The fourth-order valence-corrected chi connectivity index (χ4v) is 6.40. The highest BCUT2D eigenvalue weighted by atomic mass is 32.2. The number of aliphatic carboxylic acids is 1. The van der Waals surface area contributed by atoms with Gasteiger partial charge in [-0.25, -0.2) is 0 Å². The number of hydrogen-bond acceptors (Lipinski definition) is 7.